The molecular weight excluding hydrogens is 314 g/mol. The number of hydrogen-bond donors (Lipinski definition) is 1. The largest absolute Gasteiger partial charge is 0.323 e. The lowest BCUT2D eigenvalue weighted by atomic mass is 10.2. The highest BCUT2D eigenvalue weighted by atomic mass is 32.2. The summed E-state index contributed by atoms with van der Waals surface area (Å²) in [7, 11) is 1.86. The number of carbonyl (C=O) groups excluding carboxylic acids is 2. The maximum Gasteiger partial charge on any atom is 0.244 e. The van der Waals surface area contributed by atoms with Gasteiger partial charge in [-0.15, -0.1) is 10.2 Å². The number of nitrogens with zero attached hydrogens (tertiary/aromatic N) is 4. The summed E-state index contributed by atoms with van der Waals surface area (Å²) in [5.74, 6) is 0.469. The Morgan fingerprint density at radius 1 is 1.35 bits per heavy atom. The second kappa shape index (κ2) is 6.04. The Hall–Kier alpha value is -2.35. The normalized spacial score (nSPS) is 15.1. The number of rotatable bonds is 3. The van der Waals surface area contributed by atoms with E-state index in [1.165, 1.54) is 16.7 Å². The van der Waals surface area contributed by atoms with Crippen molar-refractivity contribution >= 4 is 35.0 Å². The summed E-state index contributed by atoms with van der Waals surface area (Å²) in [6.07, 6.45) is 0. The van der Waals surface area contributed by atoms with Crippen LogP contribution < -0.4 is 10.2 Å². The minimum Gasteiger partial charge on any atom is -0.323 e. The quantitative estimate of drug-likeness (QED) is 0.864. The van der Waals surface area contributed by atoms with E-state index in [1.54, 1.807) is 6.07 Å². The summed E-state index contributed by atoms with van der Waals surface area (Å²) in [6.45, 7) is 3.69. The summed E-state index contributed by atoms with van der Waals surface area (Å²) in [6, 6.07) is 7.29. The van der Waals surface area contributed by atoms with E-state index in [1.807, 2.05) is 43.7 Å². The second-order valence-electron chi connectivity index (χ2n) is 5.34. The van der Waals surface area contributed by atoms with Gasteiger partial charge in [0.05, 0.1) is 16.6 Å². The molecule has 1 aromatic carbocycles. The molecule has 1 N–H and O–H groups in total. The lowest BCUT2D eigenvalue weighted by Gasteiger charge is -2.30. The van der Waals surface area contributed by atoms with E-state index in [4.69, 9.17) is 0 Å². The fraction of sp³-hybridized carbons (Fsp3) is 0.333. The van der Waals surface area contributed by atoms with Crippen molar-refractivity contribution in [3.63, 3.8) is 0 Å². The predicted molar refractivity (Wildman–Crippen MR) is 88.5 cm³/mol. The SMILES string of the molecule is Cc1nnc(S[C@H](C)C(=O)N2CC(=O)Nc3ccccc32)n1C. The van der Waals surface area contributed by atoms with Crippen LogP contribution in [0, 0.1) is 6.92 Å². The van der Waals surface area contributed by atoms with Gasteiger partial charge in [-0.3, -0.25) is 14.5 Å². The van der Waals surface area contributed by atoms with Crippen molar-refractivity contribution in [1.29, 1.82) is 0 Å². The molecule has 2 heterocycles. The number of aryl methyl sites for hydroxylation is 1. The van der Waals surface area contributed by atoms with Gasteiger partial charge < -0.3 is 9.88 Å². The number of amides is 2. The van der Waals surface area contributed by atoms with Crippen molar-refractivity contribution in [3.8, 4) is 0 Å². The highest BCUT2D eigenvalue weighted by Gasteiger charge is 2.30. The molecule has 2 aromatic rings. The first-order valence-electron chi connectivity index (χ1n) is 7.20. The summed E-state index contributed by atoms with van der Waals surface area (Å²) in [4.78, 5) is 26.2. The maximum absolute atomic E-state index is 12.8. The molecular formula is C15H17N5O2S. The van der Waals surface area contributed by atoms with Gasteiger partial charge in [-0.2, -0.15) is 0 Å². The van der Waals surface area contributed by atoms with E-state index in [-0.39, 0.29) is 23.6 Å². The summed E-state index contributed by atoms with van der Waals surface area (Å²) in [5, 5.41) is 11.1. The molecule has 23 heavy (non-hydrogen) atoms. The van der Waals surface area contributed by atoms with Crippen LogP contribution in [0.1, 0.15) is 12.7 Å². The minimum atomic E-state index is -0.378. The third-order valence-electron chi connectivity index (χ3n) is 3.72. The Morgan fingerprint density at radius 2 is 2.09 bits per heavy atom. The lowest BCUT2D eigenvalue weighted by molar-refractivity contribution is -0.121. The van der Waals surface area contributed by atoms with E-state index < -0.39 is 0 Å². The molecule has 1 aliphatic rings. The van der Waals surface area contributed by atoms with Crippen LogP contribution in [0.2, 0.25) is 0 Å². The Kier molecular flexibility index (Phi) is 4.08. The zero-order chi connectivity index (χ0) is 16.6. The van der Waals surface area contributed by atoms with E-state index in [2.05, 4.69) is 15.5 Å². The lowest BCUT2D eigenvalue weighted by Crippen LogP contribution is -2.45. The van der Waals surface area contributed by atoms with Gasteiger partial charge in [-0.05, 0) is 26.0 Å². The Labute approximate surface area is 138 Å². The van der Waals surface area contributed by atoms with Crippen molar-refractivity contribution in [3.05, 3.63) is 30.1 Å². The predicted octanol–water partition coefficient (Wildman–Crippen LogP) is 1.59. The van der Waals surface area contributed by atoms with Crippen LogP contribution in [0.5, 0.6) is 0 Å². The zero-order valence-corrected chi connectivity index (χ0v) is 13.9. The van der Waals surface area contributed by atoms with E-state index >= 15 is 0 Å². The number of benzene rings is 1. The van der Waals surface area contributed by atoms with Crippen LogP contribution in [0.4, 0.5) is 11.4 Å². The molecule has 1 atom stereocenters. The number of thioether (sulfide) groups is 1. The fourth-order valence-corrected chi connectivity index (χ4v) is 3.27. The molecule has 120 valence electrons. The van der Waals surface area contributed by atoms with Gasteiger partial charge in [0.1, 0.15) is 12.4 Å². The molecule has 0 saturated carbocycles. The standard InChI is InChI=1S/C15H17N5O2S/c1-9(23-15-18-17-10(2)19(15)3)14(22)20-8-13(21)16-11-6-4-5-7-12(11)20/h4-7,9H,8H2,1-3H3,(H,16,21)/t9-/m1/s1. The molecule has 0 unspecified atom stereocenters. The van der Waals surface area contributed by atoms with Crippen LogP contribution in [-0.4, -0.2) is 38.4 Å². The average Bonchev–Trinajstić information content (AvgIpc) is 2.85. The Bertz CT molecular complexity index is 773. The second-order valence-corrected chi connectivity index (χ2v) is 6.65. The highest BCUT2D eigenvalue weighted by Crippen LogP contribution is 2.31. The zero-order valence-electron chi connectivity index (χ0n) is 13.1. The first kappa shape index (κ1) is 15.5. The van der Waals surface area contributed by atoms with Crippen LogP contribution >= 0.6 is 11.8 Å². The molecule has 8 heteroatoms. The van der Waals surface area contributed by atoms with Crippen LogP contribution in [0.15, 0.2) is 29.4 Å². The van der Waals surface area contributed by atoms with Gasteiger partial charge in [-0.25, -0.2) is 0 Å². The number of nitrogens with one attached hydrogen (secondary N) is 1. The maximum atomic E-state index is 12.8. The van der Waals surface area contributed by atoms with Gasteiger partial charge in [-0.1, -0.05) is 23.9 Å². The monoisotopic (exact) mass is 331 g/mol. The molecule has 0 aliphatic carbocycles. The molecule has 0 saturated heterocycles. The number of para-hydroxylation sites is 2. The number of hydrogen-bond acceptors (Lipinski definition) is 5. The van der Waals surface area contributed by atoms with E-state index in [0.717, 1.165) is 11.5 Å². The molecule has 0 spiro atoms. The van der Waals surface area contributed by atoms with Crippen LogP contribution in [-0.2, 0) is 16.6 Å². The molecule has 0 bridgehead atoms. The molecule has 3 rings (SSSR count). The van der Waals surface area contributed by atoms with Crippen LogP contribution in [0.3, 0.4) is 0 Å². The van der Waals surface area contributed by atoms with Crippen molar-refractivity contribution < 1.29 is 9.59 Å². The molecule has 1 aliphatic heterocycles. The molecule has 0 radical (unpaired) electrons. The molecule has 2 amide bonds. The first-order chi connectivity index (χ1) is 11.0. The summed E-state index contributed by atoms with van der Waals surface area (Å²) in [5.41, 5.74) is 1.38. The summed E-state index contributed by atoms with van der Waals surface area (Å²) < 4.78 is 1.84. The van der Waals surface area contributed by atoms with Gasteiger partial charge in [0.2, 0.25) is 11.8 Å². The van der Waals surface area contributed by atoms with Crippen LogP contribution in [0.25, 0.3) is 0 Å². The van der Waals surface area contributed by atoms with Gasteiger partial charge in [0.15, 0.2) is 5.16 Å². The first-order valence-corrected chi connectivity index (χ1v) is 8.08. The third-order valence-corrected chi connectivity index (χ3v) is 4.84. The Balaban J connectivity index is 1.82. The van der Waals surface area contributed by atoms with E-state index in [9.17, 15) is 9.59 Å². The van der Waals surface area contributed by atoms with E-state index in [0.29, 0.717) is 10.8 Å². The topological polar surface area (TPSA) is 80.1 Å². The number of carbonyl (C=O) groups is 2. The molecule has 0 fully saturated rings. The summed E-state index contributed by atoms with van der Waals surface area (Å²) >= 11 is 1.34. The van der Waals surface area contributed by atoms with Crippen molar-refractivity contribution in [2.24, 2.45) is 7.05 Å². The number of fused-ring (bicyclic) bond motifs is 1. The average molecular weight is 331 g/mol. The fourth-order valence-electron chi connectivity index (χ4n) is 2.35. The van der Waals surface area contributed by atoms with Gasteiger partial charge >= 0.3 is 0 Å². The number of anilines is 2. The Morgan fingerprint density at radius 3 is 2.78 bits per heavy atom. The van der Waals surface area contributed by atoms with Crippen molar-refractivity contribution in [2.45, 2.75) is 24.3 Å². The number of aromatic nitrogens is 3. The van der Waals surface area contributed by atoms with Crippen molar-refractivity contribution in [1.82, 2.24) is 14.8 Å². The molecule has 1 aromatic heterocycles. The molecule has 7 nitrogen and oxygen atoms in total. The highest BCUT2D eigenvalue weighted by molar-refractivity contribution is 8.00. The van der Waals surface area contributed by atoms with Gasteiger partial charge in [0.25, 0.3) is 0 Å². The van der Waals surface area contributed by atoms with Gasteiger partial charge in [0, 0.05) is 7.05 Å². The van der Waals surface area contributed by atoms with Crippen molar-refractivity contribution in [2.75, 3.05) is 16.8 Å². The third kappa shape index (κ3) is 2.94. The smallest absolute Gasteiger partial charge is 0.244 e. The minimum absolute atomic E-state index is 0.0264.